The molecule has 1 unspecified atom stereocenters. The summed E-state index contributed by atoms with van der Waals surface area (Å²) in [4.78, 5) is 31.6. The predicted octanol–water partition coefficient (Wildman–Crippen LogP) is 1.34. The molecule has 3 aromatic heterocycles. The van der Waals surface area contributed by atoms with E-state index in [1.165, 1.54) is 0 Å². The van der Waals surface area contributed by atoms with E-state index in [-0.39, 0.29) is 12.3 Å². The molecule has 32 heavy (non-hydrogen) atoms. The number of aryl methyl sites for hydroxylation is 2. The molecule has 11 heteroatoms. The van der Waals surface area contributed by atoms with E-state index >= 15 is 0 Å². The molecule has 1 atom stereocenters. The van der Waals surface area contributed by atoms with Gasteiger partial charge in [0.1, 0.15) is 5.82 Å². The van der Waals surface area contributed by atoms with E-state index in [1.807, 2.05) is 37.5 Å². The lowest BCUT2D eigenvalue weighted by Crippen LogP contribution is -2.38. The highest BCUT2D eigenvalue weighted by Gasteiger charge is 2.21. The second kappa shape index (κ2) is 8.68. The number of carbonyl (C=O) groups is 2. The average Bonchev–Trinajstić information content (AvgIpc) is 3.41. The zero-order valence-electron chi connectivity index (χ0n) is 17.3. The molecule has 11 nitrogen and oxygen atoms in total. The first-order valence-electron chi connectivity index (χ1n) is 9.55. The van der Waals surface area contributed by atoms with Gasteiger partial charge < -0.3 is 15.8 Å². The number of ether oxygens (including phenoxy) is 1. The number of anilines is 1. The fraction of sp³-hybridized carbons (Fsp3) is 0.143. The number of hydrogen-bond acceptors (Lipinski definition) is 8. The Bertz CT molecular complexity index is 1280. The quantitative estimate of drug-likeness (QED) is 0.314. The van der Waals surface area contributed by atoms with Crippen LogP contribution in [0.4, 0.5) is 5.82 Å². The zero-order valence-corrected chi connectivity index (χ0v) is 17.3. The van der Waals surface area contributed by atoms with Gasteiger partial charge in [0.15, 0.2) is 5.82 Å². The summed E-state index contributed by atoms with van der Waals surface area (Å²) in [5.41, 5.74) is 9.26. The summed E-state index contributed by atoms with van der Waals surface area (Å²) in [6, 6.07) is 7.67. The van der Waals surface area contributed by atoms with Gasteiger partial charge in [-0.25, -0.2) is 9.97 Å². The second-order valence-corrected chi connectivity index (χ2v) is 7.00. The van der Waals surface area contributed by atoms with Crippen molar-refractivity contribution in [2.24, 2.45) is 19.8 Å². The van der Waals surface area contributed by atoms with E-state index in [0.717, 1.165) is 16.7 Å². The van der Waals surface area contributed by atoms with Crippen molar-refractivity contribution in [2.75, 3.05) is 5.32 Å². The number of rotatable bonds is 8. The smallest absolute Gasteiger partial charge is 0.295 e. The Balaban J connectivity index is 1.77. The van der Waals surface area contributed by atoms with Crippen LogP contribution in [0.25, 0.3) is 33.6 Å². The minimum Gasteiger partial charge on any atom is -0.434 e. The third kappa shape index (κ3) is 4.31. The van der Waals surface area contributed by atoms with E-state index in [0.29, 0.717) is 17.0 Å². The van der Waals surface area contributed by atoms with E-state index in [1.54, 1.807) is 41.2 Å². The Morgan fingerprint density at radius 2 is 1.75 bits per heavy atom. The number of nitrogens with one attached hydrogen (secondary N) is 1. The molecule has 1 amide bonds. The molecule has 0 fully saturated rings. The second-order valence-electron chi connectivity index (χ2n) is 7.00. The normalized spacial score (nSPS) is 11.7. The highest BCUT2D eigenvalue weighted by atomic mass is 16.5. The molecule has 0 saturated carbocycles. The van der Waals surface area contributed by atoms with Crippen LogP contribution in [0.3, 0.4) is 0 Å². The Kier molecular flexibility index (Phi) is 5.62. The highest BCUT2D eigenvalue weighted by molar-refractivity contribution is 5.85. The van der Waals surface area contributed by atoms with Gasteiger partial charge >= 0.3 is 0 Å². The molecule has 0 aliphatic carbocycles. The van der Waals surface area contributed by atoms with Gasteiger partial charge in [-0.3, -0.25) is 19.0 Å². The summed E-state index contributed by atoms with van der Waals surface area (Å²) in [6.45, 7) is 0.144. The van der Waals surface area contributed by atoms with Crippen molar-refractivity contribution in [3.63, 3.8) is 0 Å². The van der Waals surface area contributed by atoms with Crippen LogP contribution in [0.2, 0.25) is 0 Å². The standard InChI is InChI=1S/C21H20N8O3/c1-28-10-15(7-24-28)13-4-3-5-14(6-13)19-23-9-17(16-8-25-29(2)11-16)20(26-19)27-21(18(22)31)32-12-30/h3-12,21H,1-2H3,(H2,22,31)(H,23,26,27). The molecule has 3 heterocycles. The fourth-order valence-corrected chi connectivity index (χ4v) is 3.16. The number of carbonyl (C=O) groups excluding carboxylic acids is 2. The fourth-order valence-electron chi connectivity index (χ4n) is 3.16. The van der Waals surface area contributed by atoms with Crippen molar-refractivity contribution in [3.05, 3.63) is 55.2 Å². The SMILES string of the molecule is Cn1cc(-c2cccc(-c3ncc(-c4cnn(C)c4)c(NC(OC=O)C(N)=O)n3)c2)cn1. The molecule has 0 spiro atoms. The summed E-state index contributed by atoms with van der Waals surface area (Å²) in [5.74, 6) is -0.200. The van der Waals surface area contributed by atoms with Gasteiger partial charge in [-0.05, 0) is 11.6 Å². The summed E-state index contributed by atoms with van der Waals surface area (Å²) in [5, 5.41) is 11.1. The number of amides is 1. The van der Waals surface area contributed by atoms with Crippen molar-refractivity contribution >= 4 is 18.2 Å². The Morgan fingerprint density at radius 1 is 1.06 bits per heavy atom. The first-order valence-corrected chi connectivity index (χ1v) is 9.55. The molecule has 1 aromatic carbocycles. The van der Waals surface area contributed by atoms with Crippen LogP contribution < -0.4 is 11.1 Å². The lowest BCUT2D eigenvalue weighted by Gasteiger charge is -2.17. The van der Waals surface area contributed by atoms with Gasteiger partial charge in [0.25, 0.3) is 18.6 Å². The lowest BCUT2D eigenvalue weighted by molar-refractivity contribution is -0.141. The van der Waals surface area contributed by atoms with E-state index in [9.17, 15) is 9.59 Å². The summed E-state index contributed by atoms with van der Waals surface area (Å²) >= 11 is 0. The molecule has 162 valence electrons. The van der Waals surface area contributed by atoms with Gasteiger partial charge in [0, 0.05) is 54.9 Å². The molecule has 0 aliphatic heterocycles. The monoisotopic (exact) mass is 432 g/mol. The van der Waals surface area contributed by atoms with Gasteiger partial charge in [-0.1, -0.05) is 18.2 Å². The Morgan fingerprint density at radius 3 is 2.38 bits per heavy atom. The van der Waals surface area contributed by atoms with Gasteiger partial charge in [-0.2, -0.15) is 10.2 Å². The van der Waals surface area contributed by atoms with Gasteiger partial charge in [0.05, 0.1) is 12.4 Å². The maximum absolute atomic E-state index is 11.7. The number of nitrogens with zero attached hydrogens (tertiary/aromatic N) is 6. The third-order valence-corrected chi connectivity index (χ3v) is 4.68. The molecule has 4 rings (SSSR count). The molecule has 0 saturated heterocycles. The van der Waals surface area contributed by atoms with E-state index in [4.69, 9.17) is 10.5 Å². The summed E-state index contributed by atoms with van der Waals surface area (Å²) in [6.07, 6.45) is 7.29. The van der Waals surface area contributed by atoms with Crippen molar-refractivity contribution in [3.8, 4) is 33.6 Å². The zero-order chi connectivity index (χ0) is 22.7. The summed E-state index contributed by atoms with van der Waals surface area (Å²) < 4.78 is 8.12. The van der Waals surface area contributed by atoms with Crippen molar-refractivity contribution < 1.29 is 14.3 Å². The first kappa shape index (κ1) is 20.7. The average molecular weight is 432 g/mol. The maximum Gasteiger partial charge on any atom is 0.295 e. The summed E-state index contributed by atoms with van der Waals surface area (Å²) in [7, 11) is 3.62. The van der Waals surface area contributed by atoms with Gasteiger partial charge in [0.2, 0.25) is 0 Å². The van der Waals surface area contributed by atoms with E-state index < -0.39 is 12.1 Å². The highest BCUT2D eigenvalue weighted by Crippen LogP contribution is 2.30. The minimum atomic E-state index is -1.40. The van der Waals surface area contributed by atoms with Crippen LogP contribution in [0.1, 0.15) is 0 Å². The van der Waals surface area contributed by atoms with Crippen molar-refractivity contribution in [1.29, 1.82) is 0 Å². The number of nitrogens with two attached hydrogens (primary N) is 1. The topological polar surface area (TPSA) is 143 Å². The number of benzene rings is 1. The largest absolute Gasteiger partial charge is 0.434 e. The molecule has 0 bridgehead atoms. The molecule has 0 radical (unpaired) electrons. The predicted molar refractivity (Wildman–Crippen MR) is 116 cm³/mol. The Hall–Kier alpha value is -4.54. The Labute approximate surface area is 182 Å². The molecular formula is C21H20N8O3. The first-order chi connectivity index (χ1) is 15.4. The lowest BCUT2D eigenvalue weighted by atomic mass is 10.1. The number of aromatic nitrogens is 6. The number of primary amides is 1. The van der Waals surface area contributed by atoms with Crippen LogP contribution >= 0.6 is 0 Å². The van der Waals surface area contributed by atoms with Crippen LogP contribution in [-0.4, -0.2) is 48.1 Å². The molecule has 0 aliphatic rings. The van der Waals surface area contributed by atoms with Crippen molar-refractivity contribution in [1.82, 2.24) is 29.5 Å². The van der Waals surface area contributed by atoms with Crippen LogP contribution in [-0.2, 0) is 28.4 Å². The third-order valence-electron chi connectivity index (χ3n) is 4.68. The molecular weight excluding hydrogens is 412 g/mol. The minimum absolute atomic E-state index is 0.144. The van der Waals surface area contributed by atoms with Crippen LogP contribution in [0.15, 0.2) is 55.2 Å². The van der Waals surface area contributed by atoms with E-state index in [2.05, 4.69) is 25.5 Å². The van der Waals surface area contributed by atoms with Crippen molar-refractivity contribution in [2.45, 2.75) is 6.23 Å². The number of hydrogen-bond donors (Lipinski definition) is 2. The van der Waals surface area contributed by atoms with Crippen LogP contribution in [0, 0.1) is 0 Å². The molecule has 3 N–H and O–H groups in total. The van der Waals surface area contributed by atoms with Crippen LogP contribution in [0.5, 0.6) is 0 Å². The molecule has 4 aromatic rings. The maximum atomic E-state index is 11.7. The van der Waals surface area contributed by atoms with Gasteiger partial charge in [-0.15, -0.1) is 0 Å².